The topological polar surface area (TPSA) is 32.3 Å². The molecule has 20 heavy (non-hydrogen) atoms. The second-order valence-electron chi connectivity index (χ2n) is 6.01. The molecule has 1 fully saturated rings. The van der Waals surface area contributed by atoms with Crippen LogP contribution in [0.4, 0.5) is 5.69 Å². The number of piperidine rings is 1. The molecule has 2 rings (SSSR count). The Bertz CT molecular complexity index is 470. The molecule has 3 heteroatoms. The van der Waals surface area contributed by atoms with Crippen LogP contribution in [0.5, 0.6) is 0 Å². The first kappa shape index (κ1) is 14.9. The van der Waals surface area contributed by atoms with Crippen molar-refractivity contribution in [3.8, 4) is 0 Å². The number of nitrogens with one attached hydrogen (secondary N) is 1. The van der Waals surface area contributed by atoms with E-state index in [1.165, 1.54) is 17.5 Å². The van der Waals surface area contributed by atoms with Crippen molar-refractivity contribution >= 4 is 11.6 Å². The second kappa shape index (κ2) is 6.78. The van der Waals surface area contributed by atoms with Gasteiger partial charge in [0.1, 0.15) is 0 Å². The number of hydrogen-bond donors (Lipinski definition) is 1. The van der Waals surface area contributed by atoms with Crippen LogP contribution in [-0.2, 0) is 4.79 Å². The molecule has 1 aliphatic rings. The van der Waals surface area contributed by atoms with Crippen LogP contribution >= 0.6 is 0 Å². The predicted molar refractivity (Wildman–Crippen MR) is 84.0 cm³/mol. The first-order valence-corrected chi connectivity index (χ1v) is 7.66. The minimum Gasteiger partial charge on any atom is -0.384 e. The number of likely N-dealkylation sites (tertiary alicyclic amines) is 1. The molecule has 1 N–H and O–H groups in total. The summed E-state index contributed by atoms with van der Waals surface area (Å²) in [5.74, 6) is 0.939. The molecular weight excluding hydrogens is 248 g/mol. The maximum Gasteiger partial charge on any atom is 0.224 e. The van der Waals surface area contributed by atoms with Crippen LogP contribution in [0.25, 0.3) is 0 Å². The summed E-state index contributed by atoms with van der Waals surface area (Å²) in [6.45, 7) is 9.04. The lowest BCUT2D eigenvalue weighted by Crippen LogP contribution is -2.39. The SMILES string of the molecule is Cc1cccc(NCCC(=O)N2CCCC(C)C2)c1C. The molecule has 3 nitrogen and oxygen atoms in total. The highest BCUT2D eigenvalue weighted by atomic mass is 16.2. The van der Waals surface area contributed by atoms with Crippen molar-refractivity contribution in [3.05, 3.63) is 29.3 Å². The number of carbonyl (C=O) groups excluding carboxylic acids is 1. The highest BCUT2D eigenvalue weighted by Gasteiger charge is 2.20. The van der Waals surface area contributed by atoms with E-state index in [-0.39, 0.29) is 5.91 Å². The van der Waals surface area contributed by atoms with Gasteiger partial charge in [0.2, 0.25) is 5.91 Å². The lowest BCUT2D eigenvalue weighted by molar-refractivity contribution is -0.132. The van der Waals surface area contributed by atoms with Crippen molar-refractivity contribution in [2.24, 2.45) is 5.92 Å². The maximum atomic E-state index is 12.2. The summed E-state index contributed by atoms with van der Waals surface area (Å²) in [6.07, 6.45) is 2.99. The van der Waals surface area contributed by atoms with E-state index in [1.54, 1.807) is 0 Å². The van der Waals surface area contributed by atoms with Gasteiger partial charge in [-0.05, 0) is 49.8 Å². The molecule has 0 radical (unpaired) electrons. The van der Waals surface area contributed by atoms with E-state index in [4.69, 9.17) is 0 Å². The first-order valence-electron chi connectivity index (χ1n) is 7.66. The lowest BCUT2D eigenvalue weighted by Gasteiger charge is -2.31. The Hall–Kier alpha value is -1.51. The molecule has 1 aromatic rings. The summed E-state index contributed by atoms with van der Waals surface area (Å²) < 4.78 is 0. The molecule has 1 unspecified atom stereocenters. The van der Waals surface area contributed by atoms with Gasteiger partial charge in [-0.25, -0.2) is 0 Å². The number of anilines is 1. The predicted octanol–water partition coefficient (Wildman–Crippen LogP) is 3.36. The Morgan fingerprint density at radius 2 is 2.20 bits per heavy atom. The number of nitrogens with zero attached hydrogens (tertiary/aromatic N) is 1. The average Bonchev–Trinajstić information content (AvgIpc) is 2.43. The summed E-state index contributed by atoms with van der Waals surface area (Å²) in [5, 5.41) is 3.39. The Balaban J connectivity index is 1.80. The van der Waals surface area contributed by atoms with Crippen molar-refractivity contribution in [1.82, 2.24) is 4.90 Å². The molecule has 1 aromatic carbocycles. The Morgan fingerprint density at radius 1 is 1.40 bits per heavy atom. The third-order valence-electron chi connectivity index (χ3n) is 4.27. The minimum absolute atomic E-state index is 0.286. The molecule has 1 heterocycles. The highest BCUT2D eigenvalue weighted by Crippen LogP contribution is 2.19. The van der Waals surface area contributed by atoms with E-state index in [0.717, 1.165) is 25.2 Å². The number of carbonyl (C=O) groups is 1. The number of hydrogen-bond acceptors (Lipinski definition) is 2. The third kappa shape index (κ3) is 3.75. The first-order chi connectivity index (χ1) is 9.58. The van der Waals surface area contributed by atoms with Gasteiger partial charge >= 0.3 is 0 Å². The molecule has 1 atom stereocenters. The van der Waals surface area contributed by atoms with Gasteiger partial charge < -0.3 is 10.2 Å². The molecule has 1 amide bonds. The quantitative estimate of drug-likeness (QED) is 0.913. The van der Waals surface area contributed by atoms with Crippen LogP contribution in [0.15, 0.2) is 18.2 Å². The molecule has 0 spiro atoms. The van der Waals surface area contributed by atoms with Crippen LogP contribution < -0.4 is 5.32 Å². The van der Waals surface area contributed by atoms with E-state index in [2.05, 4.69) is 44.3 Å². The van der Waals surface area contributed by atoms with Crippen molar-refractivity contribution in [2.75, 3.05) is 25.0 Å². The molecule has 110 valence electrons. The fourth-order valence-electron chi connectivity index (χ4n) is 2.82. The lowest BCUT2D eigenvalue weighted by atomic mass is 10.00. The van der Waals surface area contributed by atoms with Crippen LogP contribution in [0.2, 0.25) is 0 Å². The number of amides is 1. The monoisotopic (exact) mass is 274 g/mol. The second-order valence-corrected chi connectivity index (χ2v) is 6.01. The standard InChI is InChI=1S/C17H26N2O/c1-13-6-5-11-19(12-13)17(20)9-10-18-16-8-4-7-14(2)15(16)3/h4,7-8,13,18H,5-6,9-12H2,1-3H3. The van der Waals surface area contributed by atoms with Gasteiger partial charge in [0.15, 0.2) is 0 Å². The zero-order valence-corrected chi connectivity index (χ0v) is 12.9. The van der Waals surface area contributed by atoms with Gasteiger partial charge in [-0.2, -0.15) is 0 Å². The smallest absolute Gasteiger partial charge is 0.224 e. The van der Waals surface area contributed by atoms with Crippen LogP contribution in [0.3, 0.4) is 0 Å². The fraction of sp³-hybridized carbons (Fsp3) is 0.588. The van der Waals surface area contributed by atoms with Crippen molar-refractivity contribution in [1.29, 1.82) is 0 Å². The number of aryl methyl sites for hydroxylation is 1. The Labute approximate surface area is 122 Å². The molecule has 0 aliphatic carbocycles. The number of benzene rings is 1. The minimum atomic E-state index is 0.286. The number of rotatable bonds is 4. The van der Waals surface area contributed by atoms with Gasteiger partial charge in [-0.15, -0.1) is 0 Å². The van der Waals surface area contributed by atoms with Crippen LogP contribution in [0.1, 0.15) is 37.3 Å². The van der Waals surface area contributed by atoms with Gasteiger partial charge in [0, 0.05) is 31.7 Å². The zero-order valence-electron chi connectivity index (χ0n) is 12.9. The van der Waals surface area contributed by atoms with Crippen molar-refractivity contribution in [3.63, 3.8) is 0 Å². The Morgan fingerprint density at radius 3 is 2.95 bits per heavy atom. The van der Waals surface area contributed by atoms with Gasteiger partial charge in [-0.1, -0.05) is 19.1 Å². The summed E-state index contributed by atoms with van der Waals surface area (Å²) in [5.41, 5.74) is 3.70. The van der Waals surface area contributed by atoms with E-state index >= 15 is 0 Å². The summed E-state index contributed by atoms with van der Waals surface area (Å²) in [4.78, 5) is 14.2. The highest BCUT2D eigenvalue weighted by molar-refractivity contribution is 5.77. The molecular formula is C17H26N2O. The molecule has 0 bridgehead atoms. The van der Waals surface area contributed by atoms with E-state index < -0.39 is 0 Å². The van der Waals surface area contributed by atoms with Gasteiger partial charge in [0.25, 0.3) is 0 Å². The van der Waals surface area contributed by atoms with E-state index in [1.807, 2.05) is 4.90 Å². The Kier molecular flexibility index (Phi) is 5.05. The molecule has 0 saturated carbocycles. The normalized spacial score (nSPS) is 18.9. The molecule has 0 aromatic heterocycles. The van der Waals surface area contributed by atoms with E-state index in [9.17, 15) is 4.79 Å². The van der Waals surface area contributed by atoms with Crippen LogP contribution in [0, 0.1) is 19.8 Å². The largest absolute Gasteiger partial charge is 0.384 e. The average molecular weight is 274 g/mol. The van der Waals surface area contributed by atoms with Crippen molar-refractivity contribution in [2.45, 2.75) is 40.0 Å². The zero-order chi connectivity index (χ0) is 14.5. The van der Waals surface area contributed by atoms with E-state index in [0.29, 0.717) is 18.9 Å². The summed E-state index contributed by atoms with van der Waals surface area (Å²) >= 11 is 0. The van der Waals surface area contributed by atoms with Crippen LogP contribution in [-0.4, -0.2) is 30.4 Å². The fourth-order valence-corrected chi connectivity index (χ4v) is 2.82. The van der Waals surface area contributed by atoms with Crippen molar-refractivity contribution < 1.29 is 4.79 Å². The third-order valence-corrected chi connectivity index (χ3v) is 4.27. The van der Waals surface area contributed by atoms with Gasteiger partial charge in [-0.3, -0.25) is 4.79 Å². The maximum absolute atomic E-state index is 12.2. The van der Waals surface area contributed by atoms with Gasteiger partial charge in [0.05, 0.1) is 0 Å². The summed E-state index contributed by atoms with van der Waals surface area (Å²) in [7, 11) is 0. The molecule has 1 saturated heterocycles. The summed E-state index contributed by atoms with van der Waals surface area (Å²) in [6, 6.07) is 6.25. The molecule has 1 aliphatic heterocycles.